The van der Waals surface area contributed by atoms with E-state index in [4.69, 9.17) is 14.2 Å². The maximum Gasteiger partial charge on any atom is 0.203 e. The Labute approximate surface area is 135 Å². The highest BCUT2D eigenvalue weighted by Gasteiger charge is 2.12. The van der Waals surface area contributed by atoms with Gasteiger partial charge in [-0.1, -0.05) is 12.0 Å². The Hall–Kier alpha value is -3.00. The molecule has 1 aromatic carbocycles. The fraction of sp³-hybridized carbons (Fsp3) is 0.222. The minimum atomic E-state index is 0.285. The van der Waals surface area contributed by atoms with Gasteiger partial charge in [0, 0.05) is 18.2 Å². The van der Waals surface area contributed by atoms with E-state index in [-0.39, 0.29) is 6.42 Å². The van der Waals surface area contributed by atoms with Crippen molar-refractivity contribution in [3.05, 3.63) is 47.3 Å². The zero-order valence-electron chi connectivity index (χ0n) is 13.3. The van der Waals surface area contributed by atoms with Gasteiger partial charge in [-0.2, -0.15) is 0 Å². The lowest BCUT2D eigenvalue weighted by molar-refractivity contribution is -0.107. The molecule has 0 saturated carbocycles. The van der Waals surface area contributed by atoms with E-state index < -0.39 is 0 Å². The minimum absolute atomic E-state index is 0.285. The summed E-state index contributed by atoms with van der Waals surface area (Å²) in [6.07, 6.45) is 2.77. The third-order valence-electron chi connectivity index (χ3n) is 3.18. The summed E-state index contributed by atoms with van der Waals surface area (Å²) in [6, 6.07) is 7.14. The van der Waals surface area contributed by atoms with Crippen LogP contribution in [-0.4, -0.2) is 32.6 Å². The number of carbonyl (C=O) groups excluding carboxylic acids is 1. The average Bonchev–Trinajstić information content (AvgIpc) is 2.60. The second kappa shape index (κ2) is 7.85. The van der Waals surface area contributed by atoms with Gasteiger partial charge in [0.15, 0.2) is 11.5 Å². The quantitative estimate of drug-likeness (QED) is 0.626. The number of carbonyl (C=O) groups is 1. The number of hydrogen-bond acceptors (Lipinski definition) is 5. The molecule has 0 unspecified atom stereocenters. The highest BCUT2D eigenvalue weighted by Crippen LogP contribution is 2.37. The summed E-state index contributed by atoms with van der Waals surface area (Å²) in [7, 11) is 4.65. The molecule has 0 radical (unpaired) electrons. The Morgan fingerprint density at radius 2 is 1.78 bits per heavy atom. The Kier molecular flexibility index (Phi) is 5.59. The first-order chi connectivity index (χ1) is 11.2. The summed E-state index contributed by atoms with van der Waals surface area (Å²) in [6.45, 7) is 0. The van der Waals surface area contributed by atoms with Crippen molar-refractivity contribution in [2.45, 2.75) is 6.42 Å². The Balaban J connectivity index is 2.44. The van der Waals surface area contributed by atoms with Crippen LogP contribution >= 0.6 is 0 Å². The van der Waals surface area contributed by atoms with Crippen molar-refractivity contribution in [2.75, 3.05) is 21.3 Å². The lowest BCUT2D eigenvalue weighted by Gasteiger charge is -2.12. The van der Waals surface area contributed by atoms with Gasteiger partial charge in [0.2, 0.25) is 5.75 Å². The summed E-state index contributed by atoms with van der Waals surface area (Å²) in [5.41, 5.74) is 2.07. The van der Waals surface area contributed by atoms with Crippen LogP contribution in [0.1, 0.15) is 16.8 Å². The summed E-state index contributed by atoms with van der Waals surface area (Å²) < 4.78 is 15.9. The molecule has 0 amide bonds. The number of ether oxygens (including phenoxy) is 3. The molecule has 5 nitrogen and oxygen atoms in total. The largest absolute Gasteiger partial charge is 0.493 e. The number of aromatic nitrogens is 1. The second-order valence-electron chi connectivity index (χ2n) is 4.55. The van der Waals surface area contributed by atoms with Crippen molar-refractivity contribution in [3.63, 3.8) is 0 Å². The van der Waals surface area contributed by atoms with E-state index in [1.54, 1.807) is 45.7 Å². The molecule has 0 atom stereocenters. The Bertz CT molecular complexity index is 734. The molecule has 2 aromatic rings. The molecule has 2 rings (SSSR count). The molecule has 0 aliphatic rings. The molecule has 0 aliphatic carbocycles. The van der Waals surface area contributed by atoms with Crippen molar-refractivity contribution >= 4 is 6.29 Å². The first kappa shape index (κ1) is 16.4. The van der Waals surface area contributed by atoms with Gasteiger partial charge < -0.3 is 19.0 Å². The van der Waals surface area contributed by atoms with Crippen LogP contribution in [-0.2, 0) is 11.2 Å². The standard InChI is InChI=1S/C18H17NO4/c1-21-16-11-13(12-17(22-2)18(16)23-3)6-7-15-14(8-10-20)5-4-9-19-15/h4-5,9-12H,8H2,1-3H3. The maximum absolute atomic E-state index is 10.7. The third-order valence-corrected chi connectivity index (χ3v) is 3.18. The van der Waals surface area contributed by atoms with E-state index in [9.17, 15) is 4.79 Å². The Morgan fingerprint density at radius 3 is 2.35 bits per heavy atom. The van der Waals surface area contributed by atoms with Crippen LogP contribution in [0.15, 0.2) is 30.5 Å². The number of hydrogen-bond donors (Lipinski definition) is 0. The Morgan fingerprint density at radius 1 is 1.09 bits per heavy atom. The van der Waals surface area contributed by atoms with Crippen molar-refractivity contribution in [1.82, 2.24) is 4.98 Å². The lowest BCUT2D eigenvalue weighted by atomic mass is 10.1. The molecule has 0 aliphatic heterocycles. The average molecular weight is 311 g/mol. The van der Waals surface area contributed by atoms with Crippen molar-refractivity contribution < 1.29 is 19.0 Å². The number of pyridine rings is 1. The van der Waals surface area contributed by atoms with E-state index in [0.717, 1.165) is 11.8 Å². The van der Waals surface area contributed by atoms with Gasteiger partial charge in [-0.05, 0) is 29.7 Å². The lowest BCUT2D eigenvalue weighted by Crippen LogP contribution is -1.96. The number of methoxy groups -OCH3 is 3. The number of aldehydes is 1. The summed E-state index contributed by atoms with van der Waals surface area (Å²) >= 11 is 0. The zero-order valence-corrected chi connectivity index (χ0v) is 13.3. The fourth-order valence-electron chi connectivity index (χ4n) is 2.09. The van der Waals surface area contributed by atoms with Crippen molar-refractivity contribution in [3.8, 4) is 29.1 Å². The summed E-state index contributed by atoms with van der Waals surface area (Å²) in [4.78, 5) is 14.9. The topological polar surface area (TPSA) is 57.7 Å². The van der Waals surface area contributed by atoms with E-state index in [0.29, 0.717) is 28.5 Å². The van der Waals surface area contributed by atoms with Crippen molar-refractivity contribution in [1.29, 1.82) is 0 Å². The number of benzene rings is 1. The van der Waals surface area contributed by atoms with Crippen LogP contribution in [0, 0.1) is 11.8 Å². The molecule has 1 heterocycles. The highest BCUT2D eigenvalue weighted by molar-refractivity contribution is 5.60. The van der Waals surface area contributed by atoms with Crippen LogP contribution in [0.3, 0.4) is 0 Å². The predicted molar refractivity (Wildman–Crippen MR) is 86.1 cm³/mol. The highest BCUT2D eigenvalue weighted by atomic mass is 16.5. The number of rotatable bonds is 5. The minimum Gasteiger partial charge on any atom is -0.493 e. The molecule has 118 valence electrons. The maximum atomic E-state index is 10.7. The van der Waals surface area contributed by atoms with Gasteiger partial charge in [-0.25, -0.2) is 4.98 Å². The summed E-state index contributed by atoms with van der Waals surface area (Å²) in [5.74, 6) is 7.58. The van der Waals surface area contributed by atoms with E-state index in [2.05, 4.69) is 16.8 Å². The molecule has 0 spiro atoms. The molecular weight excluding hydrogens is 294 g/mol. The van der Waals surface area contributed by atoms with Gasteiger partial charge in [-0.15, -0.1) is 0 Å². The molecular formula is C18H17NO4. The fourth-order valence-corrected chi connectivity index (χ4v) is 2.09. The molecule has 1 aromatic heterocycles. The van der Waals surface area contributed by atoms with E-state index in [1.807, 2.05) is 6.07 Å². The summed E-state index contributed by atoms with van der Waals surface area (Å²) in [5, 5.41) is 0. The molecule has 0 fully saturated rings. The third kappa shape index (κ3) is 3.80. The molecule has 0 saturated heterocycles. The SMILES string of the molecule is COc1cc(C#Cc2ncccc2CC=O)cc(OC)c1OC. The zero-order chi connectivity index (χ0) is 16.7. The van der Waals surface area contributed by atoms with Gasteiger partial charge >= 0.3 is 0 Å². The molecule has 5 heteroatoms. The van der Waals surface area contributed by atoms with E-state index in [1.165, 1.54) is 0 Å². The first-order valence-electron chi connectivity index (χ1n) is 6.93. The van der Waals surface area contributed by atoms with Crippen LogP contribution < -0.4 is 14.2 Å². The monoisotopic (exact) mass is 311 g/mol. The molecule has 23 heavy (non-hydrogen) atoms. The van der Waals surface area contributed by atoms with E-state index >= 15 is 0 Å². The van der Waals surface area contributed by atoms with Gasteiger partial charge in [0.25, 0.3) is 0 Å². The van der Waals surface area contributed by atoms with Crippen molar-refractivity contribution in [2.24, 2.45) is 0 Å². The molecule has 0 N–H and O–H groups in total. The smallest absolute Gasteiger partial charge is 0.203 e. The first-order valence-corrected chi connectivity index (χ1v) is 6.93. The normalized spacial score (nSPS) is 9.52. The van der Waals surface area contributed by atoms with Crippen LogP contribution in [0.2, 0.25) is 0 Å². The van der Waals surface area contributed by atoms with Gasteiger partial charge in [0.1, 0.15) is 12.0 Å². The van der Waals surface area contributed by atoms with Crippen LogP contribution in [0.25, 0.3) is 0 Å². The predicted octanol–water partition coefficient (Wildman–Crippen LogP) is 2.25. The number of nitrogens with zero attached hydrogens (tertiary/aromatic N) is 1. The molecule has 0 bridgehead atoms. The van der Waals surface area contributed by atoms with Gasteiger partial charge in [0.05, 0.1) is 21.3 Å². The van der Waals surface area contributed by atoms with Crippen LogP contribution in [0.5, 0.6) is 17.2 Å². The van der Waals surface area contributed by atoms with Gasteiger partial charge in [-0.3, -0.25) is 0 Å². The second-order valence-corrected chi connectivity index (χ2v) is 4.55. The van der Waals surface area contributed by atoms with Crippen LogP contribution in [0.4, 0.5) is 0 Å².